The summed E-state index contributed by atoms with van der Waals surface area (Å²) in [5.74, 6) is 0.770. The monoisotopic (exact) mass is 1270 g/mol. The number of phosphoric ester groups is 2. The van der Waals surface area contributed by atoms with Crippen molar-refractivity contribution in [3.63, 3.8) is 0 Å². The highest BCUT2D eigenvalue weighted by Gasteiger charge is 2.30. The van der Waals surface area contributed by atoms with Gasteiger partial charge in [-0.1, -0.05) is 274 Å². The number of aliphatic hydroxyl groups is 1. The van der Waals surface area contributed by atoms with Crippen LogP contribution in [0.1, 0.15) is 325 Å². The first-order chi connectivity index (χ1) is 41.1. The molecule has 19 heteroatoms. The standard InChI is InChI=1S/C67H130O17P2/c1-9-60(8)46-38-30-24-26-34-42-50-67(72)84-63(54-78-65(70)48-40-32-25-23-29-37-45-59(6)7)56-82-86(75,76)80-52-61(68)51-79-85(73,74)81-55-62(83-66(71)49-41-33-22-18-17-20-28-36-44-58(4)5)53-77-64(69)47-39-31-21-16-14-12-10-11-13-15-19-27-35-43-57(2)3/h57-63,68H,9-56H2,1-8H3,(H,73,74)(H,75,76)/t60?,61-,62-,63-/m1/s1. The van der Waals surface area contributed by atoms with E-state index in [4.69, 9.17) is 37.0 Å². The van der Waals surface area contributed by atoms with E-state index in [9.17, 15) is 43.2 Å². The van der Waals surface area contributed by atoms with Crippen molar-refractivity contribution in [3.05, 3.63) is 0 Å². The Morgan fingerprint density at radius 1 is 0.326 bits per heavy atom. The minimum Gasteiger partial charge on any atom is -0.462 e. The van der Waals surface area contributed by atoms with Crippen molar-refractivity contribution in [3.8, 4) is 0 Å². The molecule has 0 aliphatic rings. The van der Waals surface area contributed by atoms with E-state index in [1.807, 2.05) is 0 Å². The van der Waals surface area contributed by atoms with Crippen LogP contribution < -0.4 is 0 Å². The number of hydrogen-bond donors (Lipinski definition) is 3. The number of phosphoric acid groups is 2. The van der Waals surface area contributed by atoms with Crippen LogP contribution in [0, 0.1) is 23.7 Å². The molecule has 510 valence electrons. The normalized spacial score (nSPS) is 14.7. The zero-order valence-corrected chi connectivity index (χ0v) is 57.7. The summed E-state index contributed by atoms with van der Waals surface area (Å²) in [5, 5.41) is 10.6. The van der Waals surface area contributed by atoms with Gasteiger partial charge in [-0.2, -0.15) is 0 Å². The summed E-state index contributed by atoms with van der Waals surface area (Å²) in [4.78, 5) is 72.3. The summed E-state index contributed by atoms with van der Waals surface area (Å²) in [6.45, 7) is 14.0. The lowest BCUT2D eigenvalue weighted by molar-refractivity contribution is -0.161. The quantitative estimate of drug-likeness (QED) is 0.0222. The number of rotatable bonds is 64. The Hall–Kier alpha value is -1.94. The highest BCUT2D eigenvalue weighted by molar-refractivity contribution is 7.47. The molecule has 0 aliphatic heterocycles. The maximum atomic E-state index is 13.0. The number of esters is 4. The zero-order valence-electron chi connectivity index (χ0n) is 55.9. The molecule has 0 aromatic rings. The van der Waals surface area contributed by atoms with Gasteiger partial charge in [-0.05, 0) is 49.4 Å². The van der Waals surface area contributed by atoms with Crippen molar-refractivity contribution >= 4 is 39.5 Å². The van der Waals surface area contributed by atoms with E-state index < -0.39 is 97.5 Å². The lowest BCUT2D eigenvalue weighted by Crippen LogP contribution is -2.30. The number of hydrogen-bond acceptors (Lipinski definition) is 15. The van der Waals surface area contributed by atoms with Crippen LogP contribution in [0.2, 0.25) is 0 Å². The molecular weight excluding hydrogens is 1140 g/mol. The fourth-order valence-electron chi connectivity index (χ4n) is 9.93. The molecule has 0 rings (SSSR count). The highest BCUT2D eigenvalue weighted by Crippen LogP contribution is 2.45. The molecule has 0 spiro atoms. The van der Waals surface area contributed by atoms with Crippen LogP contribution >= 0.6 is 15.6 Å². The minimum absolute atomic E-state index is 0.101. The number of carbonyl (C=O) groups is 4. The van der Waals surface area contributed by atoms with Gasteiger partial charge >= 0.3 is 39.5 Å². The maximum Gasteiger partial charge on any atom is 0.472 e. The Morgan fingerprint density at radius 2 is 0.558 bits per heavy atom. The Labute approximate surface area is 524 Å². The first-order valence-corrected chi connectivity index (χ1v) is 37.7. The van der Waals surface area contributed by atoms with Crippen LogP contribution in [0.3, 0.4) is 0 Å². The van der Waals surface area contributed by atoms with Crippen LogP contribution in [0.15, 0.2) is 0 Å². The van der Waals surface area contributed by atoms with Gasteiger partial charge in [0.25, 0.3) is 0 Å². The van der Waals surface area contributed by atoms with E-state index in [1.54, 1.807) is 0 Å². The number of ether oxygens (including phenoxy) is 4. The predicted octanol–water partition coefficient (Wildman–Crippen LogP) is 18.5. The van der Waals surface area contributed by atoms with Gasteiger partial charge < -0.3 is 33.8 Å². The van der Waals surface area contributed by atoms with Crippen molar-refractivity contribution in [2.45, 2.75) is 343 Å². The second-order valence-corrected chi connectivity index (χ2v) is 28.8. The Bertz CT molecular complexity index is 1720. The van der Waals surface area contributed by atoms with Crippen molar-refractivity contribution in [1.29, 1.82) is 0 Å². The lowest BCUT2D eigenvalue weighted by atomic mass is 10.00. The fraction of sp³-hybridized carbons (Fsp3) is 0.940. The summed E-state index contributed by atoms with van der Waals surface area (Å²) in [6.07, 6.45) is 37.8. The third-order valence-electron chi connectivity index (χ3n) is 15.7. The van der Waals surface area contributed by atoms with Crippen molar-refractivity contribution < 1.29 is 80.2 Å². The molecule has 0 bridgehead atoms. The van der Waals surface area contributed by atoms with Gasteiger partial charge in [0.2, 0.25) is 0 Å². The first kappa shape index (κ1) is 84.1. The largest absolute Gasteiger partial charge is 0.472 e. The summed E-state index contributed by atoms with van der Waals surface area (Å²) in [5.41, 5.74) is 0. The average Bonchev–Trinajstić information content (AvgIpc) is 3.67. The van der Waals surface area contributed by atoms with Crippen LogP contribution in [-0.2, 0) is 65.4 Å². The highest BCUT2D eigenvalue weighted by atomic mass is 31.2. The molecule has 3 unspecified atom stereocenters. The van der Waals surface area contributed by atoms with E-state index in [0.29, 0.717) is 31.6 Å². The van der Waals surface area contributed by atoms with Crippen LogP contribution in [0.5, 0.6) is 0 Å². The van der Waals surface area contributed by atoms with Gasteiger partial charge in [0.05, 0.1) is 26.4 Å². The number of unbranched alkanes of at least 4 members (excludes halogenated alkanes) is 29. The molecular formula is C67H130O17P2. The molecule has 6 atom stereocenters. The fourth-order valence-corrected chi connectivity index (χ4v) is 11.5. The van der Waals surface area contributed by atoms with Gasteiger partial charge in [0.1, 0.15) is 19.3 Å². The Morgan fingerprint density at radius 3 is 0.826 bits per heavy atom. The van der Waals surface area contributed by atoms with Gasteiger partial charge in [0.15, 0.2) is 12.2 Å². The molecule has 0 radical (unpaired) electrons. The van der Waals surface area contributed by atoms with Crippen LogP contribution in [0.25, 0.3) is 0 Å². The topological polar surface area (TPSA) is 237 Å². The zero-order chi connectivity index (χ0) is 63.9. The van der Waals surface area contributed by atoms with Gasteiger partial charge in [0, 0.05) is 25.7 Å². The molecule has 0 fully saturated rings. The van der Waals surface area contributed by atoms with Crippen LogP contribution in [-0.4, -0.2) is 96.7 Å². The molecule has 86 heavy (non-hydrogen) atoms. The van der Waals surface area contributed by atoms with Gasteiger partial charge in [-0.25, -0.2) is 9.13 Å². The summed E-state index contributed by atoms with van der Waals surface area (Å²) < 4.78 is 68.1. The lowest BCUT2D eigenvalue weighted by Gasteiger charge is -2.21. The Kier molecular flexibility index (Phi) is 55.7. The third-order valence-corrected chi connectivity index (χ3v) is 17.6. The molecule has 17 nitrogen and oxygen atoms in total. The number of carbonyl (C=O) groups excluding carboxylic acids is 4. The van der Waals surface area contributed by atoms with Crippen LogP contribution in [0.4, 0.5) is 0 Å². The molecule has 0 heterocycles. The Balaban J connectivity index is 5.22. The van der Waals surface area contributed by atoms with E-state index >= 15 is 0 Å². The minimum atomic E-state index is -4.95. The van der Waals surface area contributed by atoms with E-state index in [0.717, 1.165) is 114 Å². The average molecular weight is 1270 g/mol. The van der Waals surface area contributed by atoms with Crippen molar-refractivity contribution in [2.75, 3.05) is 39.6 Å². The molecule has 0 aliphatic carbocycles. The molecule has 3 N–H and O–H groups in total. The molecule has 0 saturated heterocycles. The SMILES string of the molecule is CCC(C)CCCCCCCCC(=O)O[C@H](COC(=O)CCCCCCCCC(C)C)COP(=O)(O)OC[C@H](O)COP(=O)(O)OC[C@@H](COC(=O)CCCCCCCCCCCCCCCC(C)C)OC(=O)CCCCCCCCCCC(C)C. The van der Waals surface area contributed by atoms with Gasteiger partial charge in [-0.15, -0.1) is 0 Å². The molecule has 0 saturated carbocycles. The molecule has 0 aromatic carbocycles. The van der Waals surface area contributed by atoms with Crippen molar-refractivity contribution in [1.82, 2.24) is 0 Å². The summed E-state index contributed by atoms with van der Waals surface area (Å²) in [6, 6.07) is 0. The maximum absolute atomic E-state index is 13.0. The van der Waals surface area contributed by atoms with Gasteiger partial charge in [-0.3, -0.25) is 37.3 Å². The predicted molar refractivity (Wildman–Crippen MR) is 344 cm³/mol. The van der Waals surface area contributed by atoms with E-state index in [1.165, 1.54) is 122 Å². The second-order valence-electron chi connectivity index (χ2n) is 25.9. The summed E-state index contributed by atoms with van der Waals surface area (Å²) in [7, 11) is -9.89. The van der Waals surface area contributed by atoms with E-state index in [-0.39, 0.29) is 25.7 Å². The first-order valence-electron chi connectivity index (χ1n) is 34.7. The second kappa shape index (κ2) is 57.0. The smallest absolute Gasteiger partial charge is 0.462 e. The molecule has 0 aromatic heterocycles. The number of aliphatic hydroxyl groups excluding tert-OH is 1. The molecule has 0 amide bonds. The third kappa shape index (κ3) is 59.7. The van der Waals surface area contributed by atoms with Crippen molar-refractivity contribution in [2.24, 2.45) is 23.7 Å². The van der Waals surface area contributed by atoms with E-state index in [2.05, 4.69) is 55.4 Å². The summed E-state index contributed by atoms with van der Waals surface area (Å²) >= 11 is 0.